The third kappa shape index (κ3) is 2.54. The van der Waals surface area contributed by atoms with Gasteiger partial charge in [-0.25, -0.2) is 4.98 Å². The molecule has 0 aliphatic carbocycles. The Morgan fingerprint density at radius 2 is 2.19 bits per heavy atom. The number of aromatic nitrogens is 1. The molecule has 108 valence electrons. The molecule has 1 amide bonds. The third-order valence-electron chi connectivity index (χ3n) is 3.66. The van der Waals surface area contributed by atoms with Crippen molar-refractivity contribution >= 4 is 5.91 Å². The minimum atomic E-state index is 0.117. The molecule has 0 N–H and O–H groups in total. The Kier molecular flexibility index (Phi) is 3.48. The molecule has 3 rings (SSSR count). The van der Waals surface area contributed by atoms with Crippen molar-refractivity contribution in [3.05, 3.63) is 59.7 Å². The van der Waals surface area contributed by atoms with Gasteiger partial charge in [-0.2, -0.15) is 0 Å². The van der Waals surface area contributed by atoms with Gasteiger partial charge in [0.05, 0.1) is 18.5 Å². The van der Waals surface area contributed by atoms with Crippen molar-refractivity contribution in [2.75, 3.05) is 14.2 Å². The summed E-state index contributed by atoms with van der Waals surface area (Å²) >= 11 is 0. The van der Waals surface area contributed by atoms with Gasteiger partial charge in [0.15, 0.2) is 0 Å². The van der Waals surface area contributed by atoms with Gasteiger partial charge >= 0.3 is 0 Å². The van der Waals surface area contributed by atoms with Crippen molar-refractivity contribution < 1.29 is 9.53 Å². The van der Waals surface area contributed by atoms with E-state index in [1.54, 1.807) is 12.0 Å². The minimum Gasteiger partial charge on any atom is -0.481 e. The summed E-state index contributed by atoms with van der Waals surface area (Å²) in [5, 5.41) is 0. The van der Waals surface area contributed by atoms with Crippen molar-refractivity contribution in [1.29, 1.82) is 0 Å². The highest BCUT2D eigenvalue weighted by molar-refractivity contribution is 5.82. The van der Waals surface area contributed by atoms with Crippen LogP contribution in [0.25, 0.3) is 0 Å². The van der Waals surface area contributed by atoms with E-state index in [0.29, 0.717) is 18.8 Å². The summed E-state index contributed by atoms with van der Waals surface area (Å²) in [5.74, 6) is 0.724. The van der Waals surface area contributed by atoms with E-state index in [9.17, 15) is 4.79 Å². The second-order valence-corrected chi connectivity index (χ2v) is 4.98. The second-order valence-electron chi connectivity index (χ2n) is 4.98. The quantitative estimate of drug-likeness (QED) is 0.851. The Morgan fingerprint density at radius 3 is 2.90 bits per heavy atom. The van der Waals surface area contributed by atoms with Gasteiger partial charge in [0, 0.05) is 38.5 Å². The number of nitrogens with zero attached hydrogens (tertiary/aromatic N) is 3. The van der Waals surface area contributed by atoms with Crippen molar-refractivity contribution in [3.63, 3.8) is 0 Å². The predicted octanol–water partition coefficient (Wildman–Crippen LogP) is 2.05. The lowest BCUT2D eigenvalue weighted by atomic mass is 10.1. The molecular weight excluding hydrogens is 266 g/mol. The molecule has 1 aromatic heterocycles. The lowest BCUT2D eigenvalue weighted by molar-refractivity contribution is -0.127. The summed E-state index contributed by atoms with van der Waals surface area (Å²) in [4.78, 5) is 19.8. The molecule has 1 aromatic rings. The lowest BCUT2D eigenvalue weighted by Gasteiger charge is -2.35. The normalized spacial score (nSPS) is 17.3. The van der Waals surface area contributed by atoms with Gasteiger partial charge in [-0.05, 0) is 23.8 Å². The number of allylic oxidation sites excluding steroid dienone is 2. The van der Waals surface area contributed by atoms with E-state index in [1.807, 2.05) is 49.8 Å². The zero-order chi connectivity index (χ0) is 14.8. The number of ether oxygens (including phenoxy) is 1. The number of pyridine rings is 1. The monoisotopic (exact) mass is 283 g/mol. The van der Waals surface area contributed by atoms with Crippen LogP contribution in [0.2, 0.25) is 0 Å². The molecule has 0 fully saturated rings. The fourth-order valence-corrected chi connectivity index (χ4v) is 2.47. The van der Waals surface area contributed by atoms with Gasteiger partial charge in [0.2, 0.25) is 11.8 Å². The third-order valence-corrected chi connectivity index (χ3v) is 3.66. The first-order valence-corrected chi connectivity index (χ1v) is 6.80. The van der Waals surface area contributed by atoms with E-state index >= 15 is 0 Å². The van der Waals surface area contributed by atoms with Crippen molar-refractivity contribution in [1.82, 2.24) is 14.8 Å². The van der Waals surface area contributed by atoms with Gasteiger partial charge in [-0.15, -0.1) is 0 Å². The first kappa shape index (κ1) is 13.4. The van der Waals surface area contributed by atoms with Crippen LogP contribution < -0.4 is 4.74 Å². The largest absolute Gasteiger partial charge is 0.481 e. The van der Waals surface area contributed by atoms with E-state index < -0.39 is 0 Å². The summed E-state index contributed by atoms with van der Waals surface area (Å²) in [5.41, 5.74) is 3.09. The molecule has 0 spiro atoms. The van der Waals surface area contributed by atoms with Gasteiger partial charge in [0.1, 0.15) is 0 Å². The molecule has 2 aliphatic heterocycles. The van der Waals surface area contributed by atoms with Crippen molar-refractivity contribution in [3.8, 4) is 5.88 Å². The molecule has 0 aromatic carbocycles. The van der Waals surface area contributed by atoms with Crippen LogP contribution in [0.5, 0.6) is 5.88 Å². The van der Waals surface area contributed by atoms with Crippen LogP contribution in [-0.4, -0.2) is 34.8 Å². The molecule has 0 atom stereocenters. The van der Waals surface area contributed by atoms with E-state index in [-0.39, 0.29) is 5.91 Å². The van der Waals surface area contributed by atoms with E-state index in [0.717, 1.165) is 17.0 Å². The average Bonchev–Trinajstić information content (AvgIpc) is 2.52. The van der Waals surface area contributed by atoms with Gasteiger partial charge in [-0.1, -0.05) is 6.07 Å². The first-order valence-electron chi connectivity index (χ1n) is 6.80. The standard InChI is InChI=1S/C16H17N3O2/c1-18-13-4-3-9-19(14(13)6-8-16(18)20)11-12-5-7-15(21-2)17-10-12/h3-7,9-10H,8,11H2,1-2H3. The maximum atomic E-state index is 11.8. The van der Waals surface area contributed by atoms with Crippen LogP contribution in [0.4, 0.5) is 0 Å². The van der Waals surface area contributed by atoms with Crippen LogP contribution in [0.15, 0.2) is 54.2 Å². The zero-order valence-corrected chi connectivity index (χ0v) is 12.1. The molecule has 0 saturated carbocycles. The van der Waals surface area contributed by atoms with Crippen LogP contribution in [0, 0.1) is 0 Å². The Hall–Kier alpha value is -2.56. The SMILES string of the molecule is COc1ccc(CN2C=CC=C3C2=CCC(=O)N3C)cn1. The van der Waals surface area contributed by atoms with Crippen LogP contribution in [0.1, 0.15) is 12.0 Å². The van der Waals surface area contributed by atoms with Crippen LogP contribution >= 0.6 is 0 Å². The van der Waals surface area contributed by atoms with E-state index in [2.05, 4.69) is 9.88 Å². The Morgan fingerprint density at radius 1 is 1.33 bits per heavy atom. The van der Waals surface area contributed by atoms with Gasteiger partial charge < -0.3 is 14.5 Å². The molecule has 21 heavy (non-hydrogen) atoms. The van der Waals surface area contributed by atoms with Crippen molar-refractivity contribution in [2.45, 2.75) is 13.0 Å². The molecule has 0 saturated heterocycles. The molecule has 3 heterocycles. The maximum Gasteiger partial charge on any atom is 0.230 e. The average molecular weight is 283 g/mol. The molecule has 5 heteroatoms. The Labute approximate surface area is 123 Å². The Bertz CT molecular complexity index is 644. The number of hydrogen-bond donors (Lipinski definition) is 0. The number of amides is 1. The smallest absolute Gasteiger partial charge is 0.230 e. The number of methoxy groups -OCH3 is 1. The molecule has 5 nitrogen and oxygen atoms in total. The summed E-state index contributed by atoms with van der Waals surface area (Å²) in [6.07, 6.45) is 10.2. The van der Waals surface area contributed by atoms with Crippen molar-refractivity contribution in [2.24, 2.45) is 0 Å². The fourth-order valence-electron chi connectivity index (χ4n) is 2.47. The Balaban J connectivity index is 1.81. The zero-order valence-electron chi connectivity index (χ0n) is 12.1. The number of rotatable bonds is 3. The molecule has 0 radical (unpaired) electrons. The molecule has 2 aliphatic rings. The fraction of sp³-hybridized carbons (Fsp3) is 0.250. The van der Waals surface area contributed by atoms with Crippen LogP contribution in [0.3, 0.4) is 0 Å². The van der Waals surface area contributed by atoms with E-state index in [1.165, 1.54) is 0 Å². The second kappa shape index (κ2) is 5.44. The molecule has 0 unspecified atom stereocenters. The highest BCUT2D eigenvalue weighted by atomic mass is 16.5. The number of hydrogen-bond acceptors (Lipinski definition) is 4. The summed E-state index contributed by atoms with van der Waals surface area (Å²) in [7, 11) is 3.42. The summed E-state index contributed by atoms with van der Waals surface area (Å²) < 4.78 is 5.07. The van der Waals surface area contributed by atoms with Crippen LogP contribution in [-0.2, 0) is 11.3 Å². The number of carbonyl (C=O) groups excluding carboxylic acids is 1. The highest BCUT2D eigenvalue weighted by Crippen LogP contribution is 2.29. The summed E-state index contributed by atoms with van der Waals surface area (Å²) in [6, 6.07) is 3.85. The number of fused-ring (bicyclic) bond motifs is 1. The summed E-state index contributed by atoms with van der Waals surface area (Å²) in [6.45, 7) is 0.707. The topological polar surface area (TPSA) is 45.7 Å². The lowest BCUT2D eigenvalue weighted by Crippen LogP contribution is -2.35. The van der Waals surface area contributed by atoms with Gasteiger partial charge in [0.25, 0.3) is 0 Å². The highest BCUT2D eigenvalue weighted by Gasteiger charge is 2.25. The number of carbonyl (C=O) groups is 1. The van der Waals surface area contributed by atoms with E-state index in [4.69, 9.17) is 4.74 Å². The molecular formula is C16H17N3O2. The molecule has 0 bridgehead atoms. The maximum absolute atomic E-state index is 11.8. The number of likely N-dealkylation sites (N-methyl/N-ethyl adjacent to an activating group) is 1. The first-order chi connectivity index (χ1) is 10.2. The predicted molar refractivity (Wildman–Crippen MR) is 79.0 cm³/mol. The minimum absolute atomic E-state index is 0.117. The van der Waals surface area contributed by atoms with Gasteiger partial charge in [-0.3, -0.25) is 4.79 Å².